The van der Waals surface area contributed by atoms with Crippen LogP contribution >= 0.6 is 11.8 Å². The van der Waals surface area contributed by atoms with Crippen LogP contribution in [0.15, 0.2) is 41.4 Å². The molecule has 100 valence electrons. The lowest BCUT2D eigenvalue weighted by atomic mass is 10.0. The molecule has 19 heavy (non-hydrogen) atoms. The van der Waals surface area contributed by atoms with Crippen LogP contribution < -0.4 is 5.32 Å². The Labute approximate surface area is 118 Å². The molecular weight excluding hydrogens is 254 g/mol. The van der Waals surface area contributed by atoms with Gasteiger partial charge >= 0.3 is 0 Å². The fourth-order valence-electron chi connectivity index (χ4n) is 2.58. The van der Waals surface area contributed by atoms with E-state index in [1.165, 1.54) is 28.3 Å². The van der Waals surface area contributed by atoms with Crippen LogP contribution in [0.2, 0.25) is 0 Å². The van der Waals surface area contributed by atoms with E-state index in [9.17, 15) is 0 Å². The van der Waals surface area contributed by atoms with Gasteiger partial charge in [0.2, 0.25) is 0 Å². The van der Waals surface area contributed by atoms with Gasteiger partial charge in [-0.15, -0.1) is 11.8 Å². The predicted molar refractivity (Wildman–Crippen MR) is 79.4 cm³/mol. The lowest BCUT2D eigenvalue weighted by Crippen LogP contribution is -2.26. The Morgan fingerprint density at radius 1 is 1.37 bits per heavy atom. The third kappa shape index (κ3) is 2.85. The standard InChI is InChI=1S/C15H19N3S/c1-18-12(7-10-17-18)6-9-16-14-8-11-19-15-5-3-2-4-13(14)15/h2-5,7,10,14,16H,6,8-9,11H2,1H3. The maximum Gasteiger partial charge on any atom is 0.0492 e. The summed E-state index contributed by atoms with van der Waals surface area (Å²) in [5.41, 5.74) is 2.75. The van der Waals surface area contributed by atoms with E-state index in [-0.39, 0.29) is 0 Å². The molecule has 0 saturated heterocycles. The monoisotopic (exact) mass is 273 g/mol. The van der Waals surface area contributed by atoms with Crippen molar-refractivity contribution in [2.45, 2.75) is 23.8 Å². The number of nitrogens with zero attached hydrogens (tertiary/aromatic N) is 2. The molecule has 1 atom stereocenters. The van der Waals surface area contributed by atoms with E-state index in [1.54, 1.807) is 0 Å². The van der Waals surface area contributed by atoms with Crippen LogP contribution in [-0.4, -0.2) is 22.1 Å². The van der Waals surface area contributed by atoms with E-state index in [2.05, 4.69) is 40.7 Å². The van der Waals surface area contributed by atoms with Gasteiger partial charge in [0.25, 0.3) is 0 Å². The fraction of sp³-hybridized carbons (Fsp3) is 0.400. The molecule has 3 nitrogen and oxygen atoms in total. The average molecular weight is 273 g/mol. The first-order chi connectivity index (χ1) is 9.34. The van der Waals surface area contributed by atoms with Crippen LogP contribution in [-0.2, 0) is 13.5 Å². The van der Waals surface area contributed by atoms with Gasteiger partial charge in [0, 0.05) is 42.8 Å². The number of thioether (sulfide) groups is 1. The second-order valence-electron chi connectivity index (χ2n) is 4.88. The van der Waals surface area contributed by atoms with Gasteiger partial charge in [-0.2, -0.15) is 5.10 Å². The maximum atomic E-state index is 4.20. The third-order valence-corrected chi connectivity index (χ3v) is 4.78. The second-order valence-corrected chi connectivity index (χ2v) is 6.01. The number of benzene rings is 1. The van der Waals surface area contributed by atoms with E-state index in [0.29, 0.717) is 6.04 Å². The quantitative estimate of drug-likeness (QED) is 0.929. The summed E-state index contributed by atoms with van der Waals surface area (Å²) in [6.45, 7) is 1.00. The van der Waals surface area contributed by atoms with Gasteiger partial charge in [0.15, 0.2) is 0 Å². The van der Waals surface area contributed by atoms with E-state index < -0.39 is 0 Å². The van der Waals surface area contributed by atoms with Crippen LogP contribution in [0.3, 0.4) is 0 Å². The first kappa shape index (κ1) is 12.8. The summed E-state index contributed by atoms with van der Waals surface area (Å²) in [4.78, 5) is 1.44. The molecule has 0 fully saturated rings. The molecule has 3 rings (SSSR count). The van der Waals surface area contributed by atoms with Crippen molar-refractivity contribution >= 4 is 11.8 Å². The number of hydrogen-bond acceptors (Lipinski definition) is 3. The lowest BCUT2D eigenvalue weighted by Gasteiger charge is -2.26. The molecule has 0 aliphatic carbocycles. The molecule has 2 heterocycles. The van der Waals surface area contributed by atoms with Crippen LogP contribution in [0.4, 0.5) is 0 Å². The summed E-state index contributed by atoms with van der Waals surface area (Å²) in [7, 11) is 2.00. The first-order valence-electron chi connectivity index (χ1n) is 6.76. The minimum Gasteiger partial charge on any atom is -0.309 e. The highest BCUT2D eigenvalue weighted by molar-refractivity contribution is 7.99. The molecule has 0 saturated carbocycles. The van der Waals surface area contributed by atoms with E-state index >= 15 is 0 Å². The summed E-state index contributed by atoms with van der Waals surface area (Å²) in [6, 6.07) is 11.3. The van der Waals surface area contributed by atoms with Crippen molar-refractivity contribution < 1.29 is 0 Å². The smallest absolute Gasteiger partial charge is 0.0492 e. The fourth-order valence-corrected chi connectivity index (χ4v) is 3.70. The lowest BCUT2D eigenvalue weighted by molar-refractivity contribution is 0.507. The van der Waals surface area contributed by atoms with E-state index in [0.717, 1.165) is 13.0 Å². The normalized spacial score (nSPS) is 18.3. The minimum absolute atomic E-state index is 0.505. The molecule has 1 unspecified atom stereocenters. The van der Waals surface area contributed by atoms with Crippen molar-refractivity contribution in [2.75, 3.05) is 12.3 Å². The SMILES string of the molecule is Cn1nccc1CCNC1CCSc2ccccc21. The van der Waals surface area contributed by atoms with Gasteiger partial charge < -0.3 is 5.32 Å². The molecule has 1 aliphatic rings. The van der Waals surface area contributed by atoms with Crippen molar-refractivity contribution in [1.82, 2.24) is 15.1 Å². The Balaban J connectivity index is 1.61. The van der Waals surface area contributed by atoms with E-state index in [1.807, 2.05) is 29.7 Å². The Bertz CT molecular complexity index is 550. The zero-order valence-corrected chi connectivity index (χ0v) is 12.0. The maximum absolute atomic E-state index is 4.20. The molecule has 1 aromatic carbocycles. The molecule has 1 aliphatic heterocycles. The van der Waals surface area contributed by atoms with Crippen LogP contribution in [0, 0.1) is 0 Å². The average Bonchev–Trinajstić information content (AvgIpc) is 2.85. The Kier molecular flexibility index (Phi) is 3.89. The summed E-state index contributed by atoms with van der Waals surface area (Å²) in [5, 5.41) is 7.89. The first-order valence-corrected chi connectivity index (χ1v) is 7.75. The summed E-state index contributed by atoms with van der Waals surface area (Å²) < 4.78 is 1.95. The second kappa shape index (κ2) is 5.80. The van der Waals surface area contributed by atoms with Crippen molar-refractivity contribution in [3.8, 4) is 0 Å². The molecule has 2 aromatic rings. The van der Waals surface area contributed by atoms with Gasteiger partial charge in [-0.3, -0.25) is 4.68 Å². The zero-order chi connectivity index (χ0) is 13.1. The van der Waals surface area contributed by atoms with E-state index in [4.69, 9.17) is 0 Å². The van der Waals surface area contributed by atoms with Crippen molar-refractivity contribution in [3.63, 3.8) is 0 Å². The van der Waals surface area contributed by atoms with Crippen molar-refractivity contribution in [3.05, 3.63) is 47.8 Å². The van der Waals surface area contributed by atoms with Gasteiger partial charge in [-0.25, -0.2) is 0 Å². The minimum atomic E-state index is 0.505. The summed E-state index contributed by atoms with van der Waals surface area (Å²) in [5.74, 6) is 1.21. The van der Waals surface area contributed by atoms with Gasteiger partial charge in [0.1, 0.15) is 0 Å². The van der Waals surface area contributed by atoms with Crippen LogP contribution in [0.5, 0.6) is 0 Å². The Morgan fingerprint density at radius 2 is 2.26 bits per heavy atom. The number of nitrogens with one attached hydrogen (secondary N) is 1. The zero-order valence-electron chi connectivity index (χ0n) is 11.2. The molecule has 4 heteroatoms. The predicted octanol–water partition coefficient (Wildman–Crippen LogP) is 2.79. The number of aryl methyl sites for hydroxylation is 1. The Morgan fingerprint density at radius 3 is 3.11 bits per heavy atom. The van der Waals surface area contributed by atoms with Crippen molar-refractivity contribution in [2.24, 2.45) is 7.05 Å². The summed E-state index contributed by atoms with van der Waals surface area (Å²) >= 11 is 1.97. The third-order valence-electron chi connectivity index (χ3n) is 3.65. The number of aromatic nitrogens is 2. The molecule has 1 aromatic heterocycles. The molecule has 1 N–H and O–H groups in total. The van der Waals surface area contributed by atoms with Gasteiger partial charge in [-0.05, 0) is 29.9 Å². The van der Waals surface area contributed by atoms with Crippen LogP contribution in [0.25, 0.3) is 0 Å². The van der Waals surface area contributed by atoms with Gasteiger partial charge in [-0.1, -0.05) is 18.2 Å². The molecule has 0 spiro atoms. The summed E-state index contributed by atoms with van der Waals surface area (Å²) in [6.07, 6.45) is 4.11. The number of hydrogen-bond donors (Lipinski definition) is 1. The Hall–Kier alpha value is -1.26. The number of rotatable bonds is 4. The van der Waals surface area contributed by atoms with Gasteiger partial charge in [0.05, 0.1) is 0 Å². The van der Waals surface area contributed by atoms with Crippen molar-refractivity contribution in [1.29, 1.82) is 0 Å². The molecule has 0 bridgehead atoms. The molecular formula is C15H19N3S. The largest absolute Gasteiger partial charge is 0.309 e. The highest BCUT2D eigenvalue weighted by Gasteiger charge is 2.19. The molecule has 0 radical (unpaired) electrons. The van der Waals surface area contributed by atoms with Crippen LogP contribution in [0.1, 0.15) is 23.7 Å². The highest BCUT2D eigenvalue weighted by Crippen LogP contribution is 2.35. The highest BCUT2D eigenvalue weighted by atomic mass is 32.2. The number of fused-ring (bicyclic) bond motifs is 1. The molecule has 0 amide bonds. The topological polar surface area (TPSA) is 29.9 Å².